The summed E-state index contributed by atoms with van der Waals surface area (Å²) in [6, 6.07) is 19.5. The third-order valence-electron chi connectivity index (χ3n) is 6.98. The van der Waals surface area contributed by atoms with Gasteiger partial charge >= 0.3 is 0 Å². The maximum absolute atomic E-state index is 13.9. The van der Waals surface area contributed by atoms with Crippen molar-refractivity contribution < 1.29 is 22.8 Å². The van der Waals surface area contributed by atoms with Crippen LogP contribution in [0, 0.1) is 5.92 Å². The van der Waals surface area contributed by atoms with Crippen molar-refractivity contribution in [2.75, 3.05) is 13.1 Å². The molecule has 42 heavy (non-hydrogen) atoms. The van der Waals surface area contributed by atoms with Gasteiger partial charge in [0.15, 0.2) is 0 Å². The Balaban J connectivity index is 1.59. The van der Waals surface area contributed by atoms with Crippen LogP contribution in [0.2, 0.25) is 10.0 Å². The highest BCUT2D eigenvalue weighted by atomic mass is 35.5. The summed E-state index contributed by atoms with van der Waals surface area (Å²) in [7, 11) is -3.99. The minimum atomic E-state index is -3.99. The van der Waals surface area contributed by atoms with E-state index in [4.69, 9.17) is 23.2 Å². The number of sulfonamides is 1. The number of nitrogens with one attached hydrogen (secondary N) is 1. The van der Waals surface area contributed by atoms with Crippen LogP contribution in [0.3, 0.4) is 0 Å². The maximum atomic E-state index is 13.9. The van der Waals surface area contributed by atoms with E-state index >= 15 is 0 Å². The lowest BCUT2D eigenvalue weighted by Crippen LogP contribution is -2.51. The fourth-order valence-electron chi connectivity index (χ4n) is 4.78. The number of carbonyl (C=O) groups is 3. The maximum Gasteiger partial charge on any atom is 0.269 e. The number of fused-ring (bicyclic) bond motifs is 1. The Hall–Kier alpha value is -3.40. The van der Waals surface area contributed by atoms with Gasteiger partial charge in [0.05, 0.1) is 5.56 Å². The Morgan fingerprint density at radius 3 is 2.33 bits per heavy atom. The van der Waals surface area contributed by atoms with Crippen LogP contribution in [0.15, 0.2) is 77.7 Å². The lowest BCUT2D eigenvalue weighted by atomic mass is 10.0. The van der Waals surface area contributed by atoms with Crippen LogP contribution in [0.25, 0.3) is 0 Å². The second-order valence-electron chi connectivity index (χ2n) is 10.6. The third kappa shape index (κ3) is 7.32. The van der Waals surface area contributed by atoms with Crippen LogP contribution in [0.4, 0.5) is 0 Å². The number of halogens is 2. The van der Waals surface area contributed by atoms with Gasteiger partial charge in [0.25, 0.3) is 15.9 Å². The van der Waals surface area contributed by atoms with Gasteiger partial charge in [0, 0.05) is 42.5 Å². The van der Waals surface area contributed by atoms with Gasteiger partial charge in [-0.15, -0.1) is 0 Å². The molecule has 0 radical (unpaired) electrons. The van der Waals surface area contributed by atoms with E-state index in [2.05, 4.69) is 5.32 Å². The first kappa shape index (κ1) is 31.5. The van der Waals surface area contributed by atoms with E-state index in [1.807, 2.05) is 44.2 Å². The van der Waals surface area contributed by atoms with Gasteiger partial charge in [0.2, 0.25) is 11.8 Å². The zero-order chi connectivity index (χ0) is 30.4. The zero-order valence-electron chi connectivity index (χ0n) is 23.4. The molecule has 0 aromatic heterocycles. The van der Waals surface area contributed by atoms with Gasteiger partial charge in [-0.3, -0.25) is 14.4 Å². The van der Waals surface area contributed by atoms with Crippen LogP contribution in [0.5, 0.6) is 0 Å². The second kappa shape index (κ2) is 13.7. The van der Waals surface area contributed by atoms with Crippen molar-refractivity contribution in [1.29, 1.82) is 0 Å². The van der Waals surface area contributed by atoms with Crippen molar-refractivity contribution in [2.45, 2.75) is 50.6 Å². The minimum absolute atomic E-state index is 0.0355. The van der Waals surface area contributed by atoms with Crippen molar-refractivity contribution in [3.8, 4) is 0 Å². The Kier molecular flexibility index (Phi) is 10.3. The Morgan fingerprint density at radius 1 is 0.976 bits per heavy atom. The molecule has 0 saturated carbocycles. The summed E-state index contributed by atoms with van der Waals surface area (Å²) in [5, 5.41) is 3.75. The van der Waals surface area contributed by atoms with E-state index in [0.29, 0.717) is 22.2 Å². The number of hydrogen-bond donors (Lipinski definition) is 1. The van der Waals surface area contributed by atoms with Crippen molar-refractivity contribution in [2.24, 2.45) is 5.92 Å². The molecule has 3 aromatic carbocycles. The van der Waals surface area contributed by atoms with E-state index in [1.54, 1.807) is 30.3 Å². The average Bonchev–Trinajstić information content (AvgIpc) is 3.15. The van der Waals surface area contributed by atoms with Gasteiger partial charge in [0.1, 0.15) is 10.9 Å². The van der Waals surface area contributed by atoms with E-state index in [9.17, 15) is 22.8 Å². The number of hydrogen-bond acceptors (Lipinski definition) is 5. The Bertz CT molecular complexity index is 1560. The van der Waals surface area contributed by atoms with Gasteiger partial charge in [-0.2, -0.15) is 0 Å². The van der Waals surface area contributed by atoms with Gasteiger partial charge < -0.3 is 10.2 Å². The van der Waals surface area contributed by atoms with Crippen molar-refractivity contribution in [3.05, 3.63) is 99.5 Å². The molecule has 0 fully saturated rings. The number of rotatable bonds is 12. The molecule has 0 unspecified atom stereocenters. The number of carbonyl (C=O) groups excluding carboxylic acids is 3. The largest absolute Gasteiger partial charge is 0.354 e. The fraction of sp³-hybridized carbons (Fsp3) is 0.323. The quantitative estimate of drug-likeness (QED) is 0.292. The molecule has 3 amide bonds. The second-order valence-corrected chi connectivity index (χ2v) is 13.3. The van der Waals surface area contributed by atoms with Gasteiger partial charge in [-0.05, 0) is 47.7 Å². The molecule has 11 heteroatoms. The molecule has 1 heterocycles. The third-order valence-corrected chi connectivity index (χ3v) is 9.40. The molecule has 1 aliphatic rings. The van der Waals surface area contributed by atoms with Gasteiger partial charge in [-0.1, -0.05) is 85.6 Å². The lowest BCUT2D eigenvalue weighted by molar-refractivity contribution is -0.141. The predicted molar refractivity (Wildman–Crippen MR) is 163 cm³/mol. The summed E-state index contributed by atoms with van der Waals surface area (Å²) in [6.07, 6.45) is 0.244. The first-order valence-electron chi connectivity index (χ1n) is 13.7. The molecule has 1 aliphatic heterocycles. The Labute approximate surface area is 256 Å². The monoisotopic (exact) mass is 629 g/mol. The van der Waals surface area contributed by atoms with Crippen molar-refractivity contribution in [1.82, 2.24) is 14.5 Å². The summed E-state index contributed by atoms with van der Waals surface area (Å²) in [5.41, 5.74) is 1.60. The summed E-state index contributed by atoms with van der Waals surface area (Å²) in [6.45, 7) is 4.26. The first-order chi connectivity index (χ1) is 20.0. The molecule has 1 N–H and O–H groups in total. The van der Waals surface area contributed by atoms with Crippen LogP contribution in [-0.2, 0) is 32.6 Å². The Morgan fingerprint density at radius 2 is 1.67 bits per heavy atom. The molecule has 0 spiro atoms. The standard InChI is InChI=1S/C31H33Cl2N3O5S/c1-21(2)19-34-30(38)27(17-22-9-4-3-5-10-22)35(20-23-14-15-24(32)18-26(23)33)29(37)13-8-16-36-31(39)25-11-6-7-12-28(25)42(36,40)41/h3-7,9-12,14-15,18,21,27H,8,13,16-17,19-20H2,1-2H3,(H,34,38)/t27-/m1/s1. The molecule has 8 nitrogen and oxygen atoms in total. The number of amides is 3. The van der Waals surface area contributed by atoms with Crippen molar-refractivity contribution in [3.63, 3.8) is 0 Å². The van der Waals surface area contributed by atoms with Gasteiger partial charge in [-0.25, -0.2) is 12.7 Å². The normalized spacial score (nSPS) is 14.5. The SMILES string of the molecule is CC(C)CNC(=O)[C@@H](Cc1ccccc1)N(Cc1ccc(Cl)cc1Cl)C(=O)CCCN1C(=O)c2ccccc2S1(=O)=O. The van der Waals surface area contributed by atoms with E-state index in [1.165, 1.54) is 17.0 Å². The fourth-order valence-corrected chi connectivity index (χ4v) is 6.86. The zero-order valence-corrected chi connectivity index (χ0v) is 25.8. The highest BCUT2D eigenvalue weighted by Gasteiger charge is 2.40. The van der Waals surface area contributed by atoms with Crippen LogP contribution < -0.4 is 5.32 Å². The van der Waals surface area contributed by atoms with E-state index in [-0.39, 0.29) is 60.5 Å². The molecule has 1 atom stereocenters. The molecular formula is C31H33Cl2N3O5S. The van der Waals surface area contributed by atoms with Crippen LogP contribution in [-0.4, -0.2) is 54.5 Å². The summed E-state index contributed by atoms with van der Waals surface area (Å²) >= 11 is 12.6. The highest BCUT2D eigenvalue weighted by molar-refractivity contribution is 7.90. The lowest BCUT2D eigenvalue weighted by Gasteiger charge is -2.32. The molecular weight excluding hydrogens is 597 g/mol. The van der Waals surface area contributed by atoms with E-state index < -0.39 is 22.0 Å². The molecule has 4 rings (SSSR count). The molecule has 0 saturated heterocycles. The smallest absolute Gasteiger partial charge is 0.269 e. The minimum Gasteiger partial charge on any atom is -0.354 e. The molecule has 0 aliphatic carbocycles. The summed E-state index contributed by atoms with van der Waals surface area (Å²) < 4.78 is 26.7. The topological polar surface area (TPSA) is 104 Å². The first-order valence-corrected chi connectivity index (χ1v) is 15.9. The molecule has 0 bridgehead atoms. The highest BCUT2D eigenvalue weighted by Crippen LogP contribution is 2.30. The van der Waals surface area contributed by atoms with Crippen LogP contribution in [0.1, 0.15) is 48.2 Å². The molecule has 3 aromatic rings. The predicted octanol–water partition coefficient (Wildman–Crippen LogP) is 5.33. The average molecular weight is 631 g/mol. The van der Waals surface area contributed by atoms with Crippen LogP contribution >= 0.6 is 23.2 Å². The number of benzene rings is 3. The van der Waals surface area contributed by atoms with E-state index in [0.717, 1.165) is 9.87 Å². The summed E-state index contributed by atoms with van der Waals surface area (Å²) in [5.74, 6) is -1.09. The number of nitrogens with zero attached hydrogens (tertiary/aromatic N) is 2. The summed E-state index contributed by atoms with van der Waals surface area (Å²) in [4.78, 5) is 41.7. The van der Waals surface area contributed by atoms with Crippen molar-refractivity contribution >= 4 is 50.9 Å². The molecule has 222 valence electrons.